The Hall–Kier alpha value is -2.15. The van der Waals surface area contributed by atoms with E-state index in [0.29, 0.717) is 38.2 Å². The van der Waals surface area contributed by atoms with E-state index in [2.05, 4.69) is 0 Å². The summed E-state index contributed by atoms with van der Waals surface area (Å²) in [6.07, 6.45) is 0.623. The molecule has 0 spiro atoms. The number of urea groups is 1. The first kappa shape index (κ1) is 19.6. The number of halogens is 1. The molecule has 148 valence electrons. The van der Waals surface area contributed by atoms with Crippen LogP contribution in [0.4, 0.5) is 9.18 Å². The van der Waals surface area contributed by atoms with Gasteiger partial charge in [0.25, 0.3) is 0 Å². The average molecular weight is 377 g/mol. The molecule has 2 saturated heterocycles. The van der Waals surface area contributed by atoms with Crippen molar-refractivity contribution in [2.24, 2.45) is 5.92 Å². The molecule has 0 saturated carbocycles. The number of nitrogens with zero attached hydrogens (tertiary/aromatic N) is 3. The number of rotatable bonds is 7. The minimum atomic E-state index is -0.460. The molecule has 2 aliphatic rings. The third-order valence-corrected chi connectivity index (χ3v) is 5.26. The van der Waals surface area contributed by atoms with Gasteiger partial charge in [-0.25, -0.2) is 9.18 Å². The number of hydrogen-bond donors (Lipinski definition) is 0. The van der Waals surface area contributed by atoms with Crippen LogP contribution in [0.5, 0.6) is 0 Å². The Balaban J connectivity index is 1.80. The maximum atomic E-state index is 14.0. The highest BCUT2D eigenvalue weighted by Crippen LogP contribution is 2.30. The zero-order valence-corrected chi connectivity index (χ0v) is 16.2. The van der Waals surface area contributed by atoms with Gasteiger partial charge in [0.1, 0.15) is 11.9 Å². The normalized spacial score (nSPS) is 22.8. The first-order valence-corrected chi connectivity index (χ1v) is 9.50. The Bertz CT molecular complexity index is 697. The standard InChI is InChI=1S/C20H28FN3O3/c1-14(2)10-18-19(25)22(8-9-27-3)12-16-13-23(20(26)24(16)18)11-15-6-4-5-7-17(15)21/h4-7,14,16,18H,8-13H2,1-3H3/t16-,18-/m0/s1. The second kappa shape index (κ2) is 8.25. The maximum Gasteiger partial charge on any atom is 0.321 e. The summed E-state index contributed by atoms with van der Waals surface area (Å²) in [6, 6.07) is 5.81. The summed E-state index contributed by atoms with van der Waals surface area (Å²) in [6.45, 7) is 6.31. The summed E-state index contributed by atoms with van der Waals surface area (Å²) in [7, 11) is 1.61. The SMILES string of the molecule is COCCN1C[C@H]2CN(Cc3ccccc3F)C(=O)N2[C@@H](CC(C)C)C1=O. The smallest absolute Gasteiger partial charge is 0.321 e. The van der Waals surface area contributed by atoms with E-state index in [0.717, 1.165) is 0 Å². The van der Waals surface area contributed by atoms with Gasteiger partial charge < -0.3 is 19.4 Å². The van der Waals surface area contributed by atoms with Crippen LogP contribution >= 0.6 is 0 Å². The van der Waals surface area contributed by atoms with Crippen molar-refractivity contribution in [3.63, 3.8) is 0 Å². The van der Waals surface area contributed by atoms with Gasteiger partial charge in [-0.05, 0) is 18.4 Å². The Labute approximate surface area is 159 Å². The van der Waals surface area contributed by atoms with E-state index >= 15 is 0 Å². The van der Waals surface area contributed by atoms with Crippen LogP contribution in [0.15, 0.2) is 24.3 Å². The fourth-order valence-electron chi connectivity index (χ4n) is 3.98. The molecule has 3 rings (SSSR count). The molecule has 0 aromatic heterocycles. The van der Waals surface area contributed by atoms with Gasteiger partial charge in [-0.1, -0.05) is 32.0 Å². The number of carbonyl (C=O) groups is 2. The lowest BCUT2D eigenvalue weighted by Crippen LogP contribution is -2.61. The zero-order valence-electron chi connectivity index (χ0n) is 16.2. The Morgan fingerprint density at radius 2 is 1.89 bits per heavy atom. The summed E-state index contributed by atoms with van der Waals surface area (Å²) >= 11 is 0. The van der Waals surface area contributed by atoms with Gasteiger partial charge in [0.15, 0.2) is 0 Å². The van der Waals surface area contributed by atoms with Gasteiger partial charge >= 0.3 is 6.03 Å². The highest BCUT2D eigenvalue weighted by Gasteiger charge is 2.49. The van der Waals surface area contributed by atoms with Crippen molar-refractivity contribution >= 4 is 11.9 Å². The third kappa shape index (κ3) is 4.08. The molecule has 3 amide bonds. The number of amides is 3. The number of carbonyl (C=O) groups excluding carboxylic acids is 2. The van der Waals surface area contributed by atoms with Crippen LogP contribution in [0, 0.1) is 11.7 Å². The van der Waals surface area contributed by atoms with Crippen LogP contribution in [-0.4, -0.2) is 72.1 Å². The molecule has 2 aliphatic heterocycles. The van der Waals surface area contributed by atoms with Crippen molar-refractivity contribution in [3.8, 4) is 0 Å². The molecule has 27 heavy (non-hydrogen) atoms. The van der Waals surface area contributed by atoms with E-state index in [1.807, 2.05) is 13.8 Å². The third-order valence-electron chi connectivity index (χ3n) is 5.26. The van der Waals surface area contributed by atoms with Crippen LogP contribution in [-0.2, 0) is 16.1 Å². The van der Waals surface area contributed by atoms with Crippen LogP contribution in [0.2, 0.25) is 0 Å². The van der Waals surface area contributed by atoms with Crippen molar-refractivity contribution in [1.29, 1.82) is 0 Å². The molecular formula is C20H28FN3O3. The predicted molar refractivity (Wildman–Crippen MR) is 99.5 cm³/mol. The minimum Gasteiger partial charge on any atom is -0.383 e. The number of methoxy groups -OCH3 is 1. The van der Waals surface area contributed by atoms with Gasteiger partial charge in [0.05, 0.1) is 19.2 Å². The Kier molecular flexibility index (Phi) is 5.99. The summed E-state index contributed by atoms with van der Waals surface area (Å²) in [4.78, 5) is 31.2. The van der Waals surface area contributed by atoms with Crippen molar-refractivity contribution < 1.29 is 18.7 Å². The number of fused-ring (bicyclic) bond motifs is 1. The molecule has 2 atom stereocenters. The van der Waals surface area contributed by atoms with Gasteiger partial charge in [-0.15, -0.1) is 0 Å². The molecular weight excluding hydrogens is 349 g/mol. The first-order chi connectivity index (χ1) is 12.9. The monoisotopic (exact) mass is 377 g/mol. The molecule has 1 aromatic rings. The van der Waals surface area contributed by atoms with E-state index < -0.39 is 6.04 Å². The van der Waals surface area contributed by atoms with Crippen LogP contribution < -0.4 is 0 Å². The largest absolute Gasteiger partial charge is 0.383 e. The lowest BCUT2D eigenvalue weighted by Gasteiger charge is -2.42. The topological polar surface area (TPSA) is 53.1 Å². The Morgan fingerprint density at radius 3 is 2.56 bits per heavy atom. The minimum absolute atomic E-state index is 0.0157. The van der Waals surface area contributed by atoms with Gasteiger partial charge in [-0.2, -0.15) is 0 Å². The second-order valence-corrected chi connectivity index (χ2v) is 7.74. The van der Waals surface area contributed by atoms with E-state index in [1.54, 1.807) is 40.0 Å². The van der Waals surface area contributed by atoms with Gasteiger partial charge in [0, 0.05) is 32.3 Å². The molecule has 0 unspecified atom stereocenters. The van der Waals surface area contributed by atoms with Crippen LogP contribution in [0.1, 0.15) is 25.8 Å². The molecule has 7 heteroatoms. The number of piperazine rings is 1. The van der Waals surface area contributed by atoms with E-state index in [9.17, 15) is 14.0 Å². The molecule has 6 nitrogen and oxygen atoms in total. The quantitative estimate of drug-likeness (QED) is 0.733. The predicted octanol–water partition coefficient (Wildman–Crippen LogP) is 2.34. The lowest BCUT2D eigenvalue weighted by molar-refractivity contribution is -0.143. The molecule has 2 heterocycles. The number of benzene rings is 1. The molecule has 2 fully saturated rings. The zero-order chi connectivity index (χ0) is 19.6. The highest BCUT2D eigenvalue weighted by molar-refractivity contribution is 5.90. The summed E-state index contributed by atoms with van der Waals surface area (Å²) < 4.78 is 19.2. The maximum absolute atomic E-state index is 14.0. The van der Waals surface area contributed by atoms with Crippen molar-refractivity contribution in [2.75, 3.05) is 33.4 Å². The van der Waals surface area contributed by atoms with Crippen molar-refractivity contribution in [1.82, 2.24) is 14.7 Å². The molecule has 0 aliphatic carbocycles. The summed E-state index contributed by atoms with van der Waals surface area (Å²) in [5, 5.41) is 0. The first-order valence-electron chi connectivity index (χ1n) is 9.50. The fourth-order valence-corrected chi connectivity index (χ4v) is 3.98. The molecule has 0 N–H and O–H groups in total. The molecule has 1 aromatic carbocycles. The Morgan fingerprint density at radius 1 is 1.19 bits per heavy atom. The van der Waals surface area contributed by atoms with Crippen LogP contribution in [0.3, 0.4) is 0 Å². The average Bonchev–Trinajstić information content (AvgIpc) is 2.93. The number of hydrogen-bond acceptors (Lipinski definition) is 3. The van der Waals surface area contributed by atoms with E-state index in [4.69, 9.17) is 4.74 Å². The van der Waals surface area contributed by atoms with E-state index in [-0.39, 0.29) is 36.3 Å². The highest BCUT2D eigenvalue weighted by atomic mass is 19.1. The number of ether oxygens (including phenoxy) is 1. The second-order valence-electron chi connectivity index (χ2n) is 7.74. The van der Waals surface area contributed by atoms with Gasteiger partial charge in [0.2, 0.25) is 5.91 Å². The fraction of sp³-hybridized carbons (Fsp3) is 0.600. The van der Waals surface area contributed by atoms with Crippen molar-refractivity contribution in [3.05, 3.63) is 35.6 Å². The molecule has 0 bridgehead atoms. The summed E-state index contributed by atoms with van der Waals surface area (Å²) in [5.41, 5.74) is 0.494. The van der Waals surface area contributed by atoms with Crippen molar-refractivity contribution in [2.45, 2.75) is 38.9 Å². The van der Waals surface area contributed by atoms with E-state index in [1.165, 1.54) is 6.07 Å². The lowest BCUT2D eigenvalue weighted by atomic mass is 9.97. The van der Waals surface area contributed by atoms with Gasteiger partial charge in [-0.3, -0.25) is 4.79 Å². The summed E-state index contributed by atoms with van der Waals surface area (Å²) in [5.74, 6) is -0.0415. The molecule has 0 radical (unpaired) electrons. The van der Waals surface area contributed by atoms with Crippen LogP contribution in [0.25, 0.3) is 0 Å².